The highest BCUT2D eigenvalue weighted by Gasteiger charge is 2.17. The summed E-state index contributed by atoms with van der Waals surface area (Å²) in [7, 11) is 0. The van der Waals surface area contributed by atoms with E-state index in [1.54, 1.807) is 36.0 Å². The van der Waals surface area contributed by atoms with E-state index in [2.05, 4.69) is 12.2 Å². The zero-order chi connectivity index (χ0) is 16.3. The molecule has 1 aromatic rings. The monoisotopic (exact) mass is 313 g/mol. The Morgan fingerprint density at radius 1 is 1.33 bits per heavy atom. The van der Waals surface area contributed by atoms with Gasteiger partial charge in [0, 0.05) is 11.8 Å². The summed E-state index contributed by atoms with van der Waals surface area (Å²) in [6.45, 7) is 9.66. The Bertz CT molecular complexity index is 390. The predicted octanol–water partition coefficient (Wildman–Crippen LogP) is 4.04. The molecule has 1 atom stereocenters. The number of carbonyl (C=O) groups excluding carboxylic acids is 1. The summed E-state index contributed by atoms with van der Waals surface area (Å²) in [4.78, 5) is 11.3. The summed E-state index contributed by atoms with van der Waals surface area (Å²) in [5.41, 5.74) is -0.415. The Balaban J connectivity index is 0.000000471. The molecule has 0 aliphatic rings. The first-order valence-electron chi connectivity index (χ1n) is 7.06. The van der Waals surface area contributed by atoms with Crippen LogP contribution in [-0.4, -0.2) is 34.3 Å². The van der Waals surface area contributed by atoms with Crippen molar-refractivity contribution in [3.05, 3.63) is 30.3 Å². The maximum atomic E-state index is 11.3. The third-order valence-corrected chi connectivity index (χ3v) is 3.24. The Kier molecular flexibility index (Phi) is 9.71. The number of phenolic OH excluding ortho intramolecular Hbond substituents is 1. The molecule has 0 aromatic heterocycles. The van der Waals surface area contributed by atoms with E-state index >= 15 is 0 Å². The first-order chi connectivity index (χ1) is 9.74. The fourth-order valence-corrected chi connectivity index (χ4v) is 1.95. The highest BCUT2D eigenvalue weighted by Crippen LogP contribution is 2.07. The van der Waals surface area contributed by atoms with E-state index in [-0.39, 0.29) is 12.1 Å². The van der Waals surface area contributed by atoms with Crippen LogP contribution in [-0.2, 0) is 4.74 Å². The lowest BCUT2D eigenvalue weighted by molar-refractivity contribution is 0.0513. The lowest BCUT2D eigenvalue weighted by Gasteiger charge is -2.21. The number of phenols is 1. The maximum Gasteiger partial charge on any atom is 0.407 e. The molecular weight excluding hydrogens is 286 g/mol. The molecule has 0 aliphatic carbocycles. The predicted molar refractivity (Wildman–Crippen MR) is 89.9 cm³/mol. The minimum absolute atomic E-state index is 0.162. The van der Waals surface area contributed by atoms with Crippen LogP contribution in [0.25, 0.3) is 0 Å². The number of alkyl carbamates (subject to hydrolysis) is 1. The molecule has 1 amide bonds. The topological polar surface area (TPSA) is 58.6 Å². The largest absolute Gasteiger partial charge is 0.508 e. The van der Waals surface area contributed by atoms with Gasteiger partial charge in [0.25, 0.3) is 0 Å². The lowest BCUT2D eigenvalue weighted by atomic mass is 10.2. The van der Waals surface area contributed by atoms with E-state index in [9.17, 15) is 4.79 Å². The molecule has 5 heteroatoms. The number of para-hydroxylation sites is 1. The van der Waals surface area contributed by atoms with Crippen molar-refractivity contribution in [1.29, 1.82) is 0 Å². The van der Waals surface area contributed by atoms with Crippen LogP contribution in [0.3, 0.4) is 0 Å². The van der Waals surface area contributed by atoms with Gasteiger partial charge < -0.3 is 15.2 Å². The van der Waals surface area contributed by atoms with Gasteiger partial charge in [-0.3, -0.25) is 0 Å². The van der Waals surface area contributed by atoms with Gasteiger partial charge in [0.15, 0.2) is 0 Å². The van der Waals surface area contributed by atoms with Crippen molar-refractivity contribution in [3.63, 3.8) is 0 Å². The fourth-order valence-electron chi connectivity index (χ4n) is 1.27. The van der Waals surface area contributed by atoms with Crippen molar-refractivity contribution in [3.8, 4) is 5.75 Å². The molecule has 120 valence electrons. The van der Waals surface area contributed by atoms with Crippen molar-refractivity contribution < 1.29 is 14.6 Å². The van der Waals surface area contributed by atoms with Crippen molar-refractivity contribution in [2.45, 2.75) is 46.3 Å². The normalized spacial score (nSPS) is 11.9. The average Bonchev–Trinajstić information content (AvgIpc) is 2.35. The fraction of sp³-hybridized carbons (Fsp3) is 0.562. The number of hydrogen-bond donors (Lipinski definition) is 2. The number of hydrogen-bond acceptors (Lipinski definition) is 4. The van der Waals surface area contributed by atoms with E-state index in [4.69, 9.17) is 9.84 Å². The van der Waals surface area contributed by atoms with Gasteiger partial charge in [-0.05, 0) is 45.6 Å². The van der Waals surface area contributed by atoms with E-state index in [0.717, 1.165) is 11.5 Å². The Morgan fingerprint density at radius 2 is 1.90 bits per heavy atom. The van der Waals surface area contributed by atoms with E-state index in [1.807, 2.05) is 33.8 Å². The lowest BCUT2D eigenvalue weighted by Crippen LogP contribution is -2.38. The van der Waals surface area contributed by atoms with Crippen LogP contribution in [0.1, 0.15) is 34.6 Å². The molecule has 0 bridgehead atoms. The van der Waals surface area contributed by atoms with Gasteiger partial charge in [-0.2, -0.15) is 11.8 Å². The molecule has 1 aromatic carbocycles. The standard InChI is InChI=1S/C10H21NO2S.C6H6O/c1-6-14-7-8(2)11-9(12)13-10(3,4)5;7-6-4-2-1-3-5-6/h8H,6-7H2,1-5H3,(H,11,12);1-5,7H. The Labute approximate surface area is 132 Å². The average molecular weight is 313 g/mol. The molecule has 0 saturated carbocycles. The van der Waals surface area contributed by atoms with Crippen LogP contribution in [0.4, 0.5) is 4.79 Å². The van der Waals surface area contributed by atoms with Crippen molar-refractivity contribution in [2.75, 3.05) is 11.5 Å². The zero-order valence-electron chi connectivity index (χ0n) is 13.6. The zero-order valence-corrected chi connectivity index (χ0v) is 14.4. The van der Waals surface area contributed by atoms with Crippen LogP contribution in [0.5, 0.6) is 5.75 Å². The summed E-state index contributed by atoms with van der Waals surface area (Å²) < 4.78 is 5.13. The Hall–Kier alpha value is -1.36. The summed E-state index contributed by atoms with van der Waals surface area (Å²) in [5.74, 6) is 2.32. The summed E-state index contributed by atoms with van der Waals surface area (Å²) in [5, 5.41) is 11.4. The van der Waals surface area contributed by atoms with Gasteiger partial charge in [-0.25, -0.2) is 4.79 Å². The molecule has 0 fully saturated rings. The molecule has 0 spiro atoms. The van der Waals surface area contributed by atoms with Crippen LogP contribution in [0.2, 0.25) is 0 Å². The molecule has 0 radical (unpaired) electrons. The second kappa shape index (κ2) is 10.4. The second-order valence-electron chi connectivity index (χ2n) is 5.54. The molecule has 2 N–H and O–H groups in total. The van der Waals surface area contributed by atoms with Gasteiger partial charge in [0.1, 0.15) is 11.4 Å². The van der Waals surface area contributed by atoms with Crippen LogP contribution in [0, 0.1) is 0 Å². The minimum atomic E-state index is -0.415. The number of nitrogens with one attached hydrogen (secondary N) is 1. The van der Waals surface area contributed by atoms with E-state index < -0.39 is 5.60 Å². The van der Waals surface area contributed by atoms with Crippen LogP contribution < -0.4 is 5.32 Å². The number of carbonyl (C=O) groups is 1. The van der Waals surface area contributed by atoms with E-state index in [0.29, 0.717) is 5.75 Å². The van der Waals surface area contributed by atoms with Gasteiger partial charge in [0.2, 0.25) is 0 Å². The number of rotatable bonds is 4. The first kappa shape index (κ1) is 19.6. The SMILES string of the molecule is CCSCC(C)NC(=O)OC(C)(C)C.Oc1ccccc1. The molecule has 0 heterocycles. The van der Waals surface area contributed by atoms with Crippen LogP contribution in [0.15, 0.2) is 30.3 Å². The van der Waals surface area contributed by atoms with Gasteiger partial charge in [-0.15, -0.1) is 0 Å². The molecule has 1 rings (SSSR count). The summed E-state index contributed by atoms with van der Waals surface area (Å²) in [6.07, 6.45) is -0.332. The maximum absolute atomic E-state index is 11.3. The third-order valence-electron chi connectivity index (χ3n) is 2.09. The van der Waals surface area contributed by atoms with Gasteiger partial charge in [0.05, 0.1) is 0 Å². The smallest absolute Gasteiger partial charge is 0.407 e. The molecular formula is C16H27NO3S. The summed E-state index contributed by atoms with van der Waals surface area (Å²) in [6, 6.07) is 8.87. The quantitative estimate of drug-likeness (QED) is 0.880. The van der Waals surface area contributed by atoms with Crippen molar-refractivity contribution in [2.24, 2.45) is 0 Å². The third kappa shape index (κ3) is 13.4. The number of thioether (sulfide) groups is 1. The Morgan fingerprint density at radius 3 is 2.29 bits per heavy atom. The molecule has 1 unspecified atom stereocenters. The summed E-state index contributed by atoms with van der Waals surface area (Å²) >= 11 is 1.81. The number of ether oxygens (including phenoxy) is 1. The van der Waals surface area contributed by atoms with Crippen LogP contribution >= 0.6 is 11.8 Å². The molecule has 0 saturated heterocycles. The van der Waals surface area contributed by atoms with E-state index in [1.165, 1.54) is 0 Å². The number of aromatic hydroxyl groups is 1. The van der Waals surface area contributed by atoms with Crippen molar-refractivity contribution >= 4 is 17.9 Å². The molecule has 4 nitrogen and oxygen atoms in total. The van der Waals surface area contributed by atoms with Gasteiger partial charge in [-0.1, -0.05) is 25.1 Å². The molecule has 0 aliphatic heterocycles. The highest BCUT2D eigenvalue weighted by atomic mass is 32.2. The minimum Gasteiger partial charge on any atom is -0.508 e. The first-order valence-corrected chi connectivity index (χ1v) is 8.21. The van der Waals surface area contributed by atoms with Crippen molar-refractivity contribution in [1.82, 2.24) is 5.32 Å². The molecule has 21 heavy (non-hydrogen) atoms. The number of amides is 1. The van der Waals surface area contributed by atoms with Gasteiger partial charge >= 0.3 is 6.09 Å². The highest BCUT2D eigenvalue weighted by molar-refractivity contribution is 7.99. The number of benzene rings is 1. The second-order valence-corrected chi connectivity index (χ2v) is 6.86.